The van der Waals surface area contributed by atoms with E-state index in [2.05, 4.69) is 0 Å². The third-order valence-corrected chi connectivity index (χ3v) is 4.57. The summed E-state index contributed by atoms with van der Waals surface area (Å²) < 4.78 is 22.6. The fourth-order valence-electron chi connectivity index (χ4n) is 3.12. The van der Waals surface area contributed by atoms with Crippen molar-refractivity contribution in [3.63, 3.8) is 0 Å². The van der Waals surface area contributed by atoms with Crippen molar-refractivity contribution in [2.24, 2.45) is 0 Å². The summed E-state index contributed by atoms with van der Waals surface area (Å²) in [4.78, 5) is 11.5. The highest BCUT2D eigenvalue weighted by molar-refractivity contribution is 5.73. The quantitative estimate of drug-likeness (QED) is 0.714. The van der Waals surface area contributed by atoms with Crippen molar-refractivity contribution in [1.82, 2.24) is 0 Å². The van der Waals surface area contributed by atoms with Crippen LogP contribution in [0.4, 0.5) is 0 Å². The summed E-state index contributed by atoms with van der Waals surface area (Å²) in [6, 6.07) is 18.9. The van der Waals surface area contributed by atoms with Gasteiger partial charge in [0.05, 0.1) is 13.2 Å². The number of carbonyl (C=O) groups is 1. The summed E-state index contributed by atoms with van der Waals surface area (Å²) in [5.74, 6) is -1.29. The van der Waals surface area contributed by atoms with Crippen LogP contribution in [0.15, 0.2) is 60.7 Å². The summed E-state index contributed by atoms with van der Waals surface area (Å²) in [6.07, 6.45) is -5.62. The van der Waals surface area contributed by atoms with Gasteiger partial charge in [0.25, 0.3) is 0 Å². The first kappa shape index (κ1) is 20.4. The number of rotatable bonds is 8. The highest BCUT2D eigenvalue weighted by atomic mass is 16.7. The van der Waals surface area contributed by atoms with E-state index in [1.165, 1.54) is 7.11 Å². The van der Waals surface area contributed by atoms with Gasteiger partial charge in [-0.1, -0.05) is 60.7 Å². The fourth-order valence-corrected chi connectivity index (χ4v) is 3.12. The Hall–Kier alpha value is -2.29. The van der Waals surface area contributed by atoms with Crippen LogP contribution in [0.25, 0.3) is 0 Å². The molecule has 1 saturated heterocycles. The second-order valence-electron chi connectivity index (χ2n) is 6.51. The molecule has 0 amide bonds. The second-order valence-corrected chi connectivity index (χ2v) is 6.51. The molecule has 0 spiro atoms. The zero-order valence-corrected chi connectivity index (χ0v) is 15.5. The third kappa shape index (κ3) is 4.95. The largest absolute Gasteiger partial charge is 0.479 e. The van der Waals surface area contributed by atoms with Gasteiger partial charge in [-0.3, -0.25) is 0 Å². The summed E-state index contributed by atoms with van der Waals surface area (Å²) in [5.41, 5.74) is 1.82. The Morgan fingerprint density at radius 2 is 1.43 bits per heavy atom. The SMILES string of the molecule is CO[C@@H]1O[C@H](C(=O)O)[C@@H](O)[C@H](OCc2ccccc2)[C@H]1OCc1ccccc1. The molecule has 7 nitrogen and oxygen atoms in total. The van der Waals surface area contributed by atoms with E-state index in [1.807, 2.05) is 60.7 Å². The number of aliphatic hydroxyl groups is 1. The molecule has 0 unspecified atom stereocenters. The van der Waals surface area contributed by atoms with Crippen molar-refractivity contribution in [2.75, 3.05) is 7.11 Å². The van der Waals surface area contributed by atoms with Crippen molar-refractivity contribution in [3.8, 4) is 0 Å². The van der Waals surface area contributed by atoms with Crippen LogP contribution in [0, 0.1) is 0 Å². The second kappa shape index (κ2) is 9.77. The molecule has 3 rings (SSSR count). The lowest BCUT2D eigenvalue weighted by Gasteiger charge is -2.42. The number of methoxy groups -OCH3 is 1. The van der Waals surface area contributed by atoms with Crippen molar-refractivity contribution < 1.29 is 34.0 Å². The maximum atomic E-state index is 11.5. The van der Waals surface area contributed by atoms with Gasteiger partial charge in [-0.15, -0.1) is 0 Å². The molecule has 0 bridgehead atoms. The average molecular weight is 388 g/mol. The van der Waals surface area contributed by atoms with E-state index >= 15 is 0 Å². The highest BCUT2D eigenvalue weighted by Crippen LogP contribution is 2.28. The molecule has 2 aromatic carbocycles. The smallest absolute Gasteiger partial charge is 0.335 e. The van der Waals surface area contributed by atoms with Gasteiger partial charge >= 0.3 is 5.97 Å². The van der Waals surface area contributed by atoms with Crippen LogP contribution < -0.4 is 0 Å². The lowest BCUT2D eigenvalue weighted by molar-refractivity contribution is -0.307. The zero-order valence-electron chi connectivity index (χ0n) is 15.5. The van der Waals surface area contributed by atoms with Crippen LogP contribution in [0.2, 0.25) is 0 Å². The van der Waals surface area contributed by atoms with Gasteiger partial charge in [0, 0.05) is 7.11 Å². The molecule has 28 heavy (non-hydrogen) atoms. The molecule has 0 saturated carbocycles. The standard InChI is InChI=1S/C21H24O7/c1-25-21-19(27-13-15-10-6-3-7-11-15)17(16(22)18(28-21)20(23)24)26-12-14-8-4-2-5-9-14/h2-11,16-19,21-22H,12-13H2,1H3,(H,23,24)/t16-,17-,18-,19+,21+/m0/s1. The fraction of sp³-hybridized carbons (Fsp3) is 0.381. The van der Waals surface area contributed by atoms with E-state index in [-0.39, 0.29) is 13.2 Å². The minimum Gasteiger partial charge on any atom is -0.479 e. The van der Waals surface area contributed by atoms with Crippen LogP contribution in [-0.2, 0) is 37.0 Å². The normalized spacial score (nSPS) is 27.4. The number of benzene rings is 2. The highest BCUT2D eigenvalue weighted by Gasteiger charge is 2.50. The van der Waals surface area contributed by atoms with Gasteiger partial charge in [-0.25, -0.2) is 4.79 Å². The molecule has 1 aliphatic rings. The Kier molecular flexibility index (Phi) is 7.13. The third-order valence-electron chi connectivity index (χ3n) is 4.57. The van der Waals surface area contributed by atoms with Crippen LogP contribution in [0.3, 0.4) is 0 Å². The summed E-state index contributed by atoms with van der Waals surface area (Å²) in [6.45, 7) is 0.431. The van der Waals surface area contributed by atoms with E-state index in [0.717, 1.165) is 11.1 Å². The number of carboxylic acid groups (broad SMARTS) is 1. The Morgan fingerprint density at radius 1 is 0.929 bits per heavy atom. The van der Waals surface area contributed by atoms with Crippen molar-refractivity contribution in [3.05, 3.63) is 71.8 Å². The molecule has 1 fully saturated rings. The van der Waals surface area contributed by atoms with Gasteiger partial charge < -0.3 is 29.2 Å². The van der Waals surface area contributed by atoms with Gasteiger partial charge in [-0.2, -0.15) is 0 Å². The molecular formula is C21H24O7. The van der Waals surface area contributed by atoms with Crippen molar-refractivity contribution in [1.29, 1.82) is 0 Å². The Balaban J connectivity index is 1.77. The van der Waals surface area contributed by atoms with Crippen LogP contribution in [0.5, 0.6) is 0 Å². The van der Waals surface area contributed by atoms with Gasteiger partial charge in [0.15, 0.2) is 12.4 Å². The molecular weight excluding hydrogens is 364 g/mol. The minimum absolute atomic E-state index is 0.191. The first-order chi connectivity index (χ1) is 13.6. The Bertz CT molecular complexity index is 737. The number of aliphatic hydroxyl groups excluding tert-OH is 1. The van der Waals surface area contributed by atoms with E-state index in [4.69, 9.17) is 18.9 Å². The topological polar surface area (TPSA) is 94.5 Å². The summed E-state index contributed by atoms with van der Waals surface area (Å²) >= 11 is 0. The molecule has 1 heterocycles. The maximum absolute atomic E-state index is 11.5. The number of carboxylic acids is 1. The van der Waals surface area contributed by atoms with Gasteiger partial charge in [-0.05, 0) is 11.1 Å². The predicted molar refractivity (Wildman–Crippen MR) is 99.4 cm³/mol. The van der Waals surface area contributed by atoms with E-state index < -0.39 is 36.7 Å². The lowest BCUT2D eigenvalue weighted by Crippen LogP contribution is -2.61. The average Bonchev–Trinajstić information content (AvgIpc) is 2.72. The molecule has 1 aliphatic heterocycles. The molecule has 0 aliphatic carbocycles. The van der Waals surface area contributed by atoms with Gasteiger partial charge in [0.2, 0.25) is 0 Å². The molecule has 0 aromatic heterocycles. The van der Waals surface area contributed by atoms with Crippen molar-refractivity contribution >= 4 is 5.97 Å². The zero-order chi connectivity index (χ0) is 19.9. The number of hydrogen-bond donors (Lipinski definition) is 2. The van der Waals surface area contributed by atoms with Crippen LogP contribution >= 0.6 is 0 Å². The van der Waals surface area contributed by atoms with E-state index in [1.54, 1.807) is 0 Å². The molecule has 5 atom stereocenters. The van der Waals surface area contributed by atoms with E-state index in [9.17, 15) is 15.0 Å². The monoisotopic (exact) mass is 388 g/mol. The summed E-state index contributed by atoms with van der Waals surface area (Å²) in [7, 11) is 1.40. The van der Waals surface area contributed by atoms with Gasteiger partial charge in [0.1, 0.15) is 18.3 Å². The number of hydrogen-bond acceptors (Lipinski definition) is 6. The molecule has 150 valence electrons. The van der Waals surface area contributed by atoms with Crippen LogP contribution in [0.1, 0.15) is 11.1 Å². The van der Waals surface area contributed by atoms with E-state index in [0.29, 0.717) is 0 Å². The molecule has 2 N–H and O–H groups in total. The molecule has 0 radical (unpaired) electrons. The predicted octanol–water partition coefficient (Wildman–Crippen LogP) is 1.97. The summed E-state index contributed by atoms with van der Waals surface area (Å²) in [5, 5.41) is 20.0. The molecule has 7 heteroatoms. The maximum Gasteiger partial charge on any atom is 0.335 e. The lowest BCUT2D eigenvalue weighted by atomic mass is 9.98. The first-order valence-electron chi connectivity index (χ1n) is 9.00. The Morgan fingerprint density at radius 3 is 1.89 bits per heavy atom. The number of aliphatic carboxylic acids is 1. The first-order valence-corrected chi connectivity index (χ1v) is 9.00. The Labute approximate surface area is 163 Å². The van der Waals surface area contributed by atoms with Crippen LogP contribution in [-0.4, -0.2) is 54.0 Å². The van der Waals surface area contributed by atoms with Crippen molar-refractivity contribution in [2.45, 2.75) is 43.9 Å². The minimum atomic E-state index is -1.47. The molecule has 2 aromatic rings. The number of ether oxygens (including phenoxy) is 4.